The summed E-state index contributed by atoms with van der Waals surface area (Å²) >= 11 is 7.10. The molecule has 0 unspecified atom stereocenters. The Morgan fingerprint density at radius 3 is 2.71 bits per heavy atom. The van der Waals surface area contributed by atoms with Crippen molar-refractivity contribution >= 4 is 39.1 Å². The number of nitrogens with two attached hydrogens (primary N) is 1. The normalized spacial score (nSPS) is 16.6. The van der Waals surface area contributed by atoms with Crippen molar-refractivity contribution in [1.82, 2.24) is 14.5 Å². The quantitative estimate of drug-likeness (QED) is 0.826. The molecule has 1 aliphatic rings. The molecule has 0 bridgehead atoms. The Labute approximate surface area is 130 Å². The molecule has 112 valence electrons. The zero-order valence-corrected chi connectivity index (χ0v) is 12.9. The lowest BCUT2D eigenvalue weighted by Crippen LogP contribution is -2.52. The molecule has 1 fully saturated rings. The Morgan fingerprint density at radius 2 is 2.00 bits per heavy atom. The van der Waals surface area contributed by atoms with E-state index in [9.17, 15) is 9.59 Å². The van der Waals surface area contributed by atoms with Gasteiger partial charge >= 0.3 is 4.87 Å². The van der Waals surface area contributed by atoms with Crippen molar-refractivity contribution < 1.29 is 4.79 Å². The SMILES string of the molecule is NN1CCN(C(=O)Cn2c(=O)sc3ccc(Cl)cc32)CC1. The molecule has 0 saturated carbocycles. The van der Waals surface area contributed by atoms with Gasteiger partial charge in [-0.1, -0.05) is 22.9 Å². The molecule has 1 amide bonds. The number of nitrogens with zero attached hydrogens (tertiary/aromatic N) is 3. The number of hydrogen-bond donors (Lipinski definition) is 1. The zero-order chi connectivity index (χ0) is 15.0. The number of amides is 1. The molecule has 0 atom stereocenters. The van der Waals surface area contributed by atoms with Crippen LogP contribution in [-0.4, -0.2) is 46.6 Å². The smallest absolute Gasteiger partial charge is 0.308 e. The van der Waals surface area contributed by atoms with E-state index in [0.29, 0.717) is 36.7 Å². The van der Waals surface area contributed by atoms with Crippen molar-refractivity contribution in [3.05, 3.63) is 32.9 Å². The summed E-state index contributed by atoms with van der Waals surface area (Å²) in [6.07, 6.45) is 0. The van der Waals surface area contributed by atoms with Crippen LogP contribution >= 0.6 is 22.9 Å². The maximum absolute atomic E-state index is 12.3. The summed E-state index contributed by atoms with van der Waals surface area (Å²) in [5.74, 6) is 5.61. The molecule has 21 heavy (non-hydrogen) atoms. The van der Waals surface area contributed by atoms with Gasteiger partial charge in [0.2, 0.25) is 5.91 Å². The van der Waals surface area contributed by atoms with Gasteiger partial charge in [0.05, 0.1) is 10.2 Å². The minimum absolute atomic E-state index is 0.0454. The Hall–Kier alpha value is -1.41. The van der Waals surface area contributed by atoms with Gasteiger partial charge in [0, 0.05) is 31.2 Å². The molecule has 0 spiro atoms. The maximum atomic E-state index is 12.3. The van der Waals surface area contributed by atoms with E-state index in [-0.39, 0.29) is 17.3 Å². The number of hydrazine groups is 1. The lowest BCUT2D eigenvalue weighted by Gasteiger charge is -2.32. The van der Waals surface area contributed by atoms with E-state index in [1.54, 1.807) is 28.1 Å². The number of piperazine rings is 1. The summed E-state index contributed by atoms with van der Waals surface area (Å²) in [6, 6.07) is 5.27. The van der Waals surface area contributed by atoms with E-state index in [0.717, 1.165) is 16.0 Å². The second-order valence-corrected chi connectivity index (χ2v) is 6.41. The van der Waals surface area contributed by atoms with Crippen LogP contribution in [0.4, 0.5) is 0 Å². The van der Waals surface area contributed by atoms with Crippen LogP contribution in [0.5, 0.6) is 0 Å². The molecule has 2 aromatic rings. The van der Waals surface area contributed by atoms with Crippen LogP contribution in [0.1, 0.15) is 0 Å². The van der Waals surface area contributed by atoms with E-state index in [4.69, 9.17) is 17.4 Å². The average Bonchev–Trinajstić information content (AvgIpc) is 2.76. The van der Waals surface area contributed by atoms with Gasteiger partial charge in [0.1, 0.15) is 6.54 Å². The average molecular weight is 327 g/mol. The fourth-order valence-corrected chi connectivity index (χ4v) is 3.43. The highest BCUT2D eigenvalue weighted by Crippen LogP contribution is 2.21. The Balaban J connectivity index is 1.84. The molecule has 2 heterocycles. The minimum Gasteiger partial charge on any atom is -0.338 e. The number of halogens is 1. The van der Waals surface area contributed by atoms with Crippen molar-refractivity contribution in [1.29, 1.82) is 0 Å². The fraction of sp³-hybridized carbons (Fsp3) is 0.385. The number of aromatic nitrogens is 1. The second kappa shape index (κ2) is 5.76. The fourth-order valence-electron chi connectivity index (χ4n) is 2.39. The van der Waals surface area contributed by atoms with Crippen LogP contribution in [0.15, 0.2) is 23.0 Å². The highest BCUT2D eigenvalue weighted by atomic mass is 35.5. The van der Waals surface area contributed by atoms with Crippen LogP contribution in [0.3, 0.4) is 0 Å². The standard InChI is InChI=1S/C13H15ClN4O2S/c14-9-1-2-11-10(7-9)18(13(20)21-11)8-12(19)16-3-5-17(15)6-4-16/h1-2,7H,3-6,8,15H2. The molecule has 1 aliphatic heterocycles. The summed E-state index contributed by atoms with van der Waals surface area (Å²) in [4.78, 5) is 26.0. The Bertz CT molecular complexity index is 733. The third-order valence-corrected chi connectivity index (χ3v) is 4.79. The summed E-state index contributed by atoms with van der Waals surface area (Å²) in [7, 11) is 0. The summed E-state index contributed by atoms with van der Waals surface area (Å²) in [6.45, 7) is 2.53. The van der Waals surface area contributed by atoms with Crippen molar-refractivity contribution in [3.63, 3.8) is 0 Å². The monoisotopic (exact) mass is 326 g/mol. The maximum Gasteiger partial charge on any atom is 0.308 e. The number of carbonyl (C=O) groups excluding carboxylic acids is 1. The Kier molecular flexibility index (Phi) is 3.99. The van der Waals surface area contributed by atoms with Crippen molar-refractivity contribution in [2.45, 2.75) is 6.54 Å². The zero-order valence-electron chi connectivity index (χ0n) is 11.3. The molecule has 0 radical (unpaired) electrons. The predicted octanol–water partition coefficient (Wildman–Crippen LogP) is 0.734. The number of carbonyl (C=O) groups is 1. The van der Waals surface area contributed by atoms with E-state index in [1.165, 1.54) is 4.57 Å². The van der Waals surface area contributed by atoms with Gasteiger partial charge in [0.15, 0.2) is 0 Å². The molecule has 1 aromatic heterocycles. The van der Waals surface area contributed by atoms with Crippen LogP contribution in [0.25, 0.3) is 10.2 Å². The van der Waals surface area contributed by atoms with Crippen molar-refractivity contribution in [2.75, 3.05) is 26.2 Å². The molecule has 0 aliphatic carbocycles. The lowest BCUT2D eigenvalue weighted by atomic mass is 10.3. The molecule has 1 aromatic carbocycles. The molecule has 2 N–H and O–H groups in total. The second-order valence-electron chi connectivity index (χ2n) is 4.98. The highest BCUT2D eigenvalue weighted by molar-refractivity contribution is 7.16. The van der Waals surface area contributed by atoms with Gasteiger partial charge in [-0.15, -0.1) is 0 Å². The first-order chi connectivity index (χ1) is 10.0. The van der Waals surface area contributed by atoms with E-state index < -0.39 is 0 Å². The third kappa shape index (κ3) is 2.96. The van der Waals surface area contributed by atoms with Crippen molar-refractivity contribution in [3.8, 4) is 0 Å². The van der Waals surface area contributed by atoms with Gasteiger partial charge in [-0.3, -0.25) is 20.0 Å². The van der Waals surface area contributed by atoms with E-state index >= 15 is 0 Å². The van der Waals surface area contributed by atoms with E-state index in [2.05, 4.69) is 0 Å². The van der Waals surface area contributed by atoms with Gasteiger partial charge < -0.3 is 4.90 Å². The number of thiazole rings is 1. The molecule has 8 heteroatoms. The van der Waals surface area contributed by atoms with Crippen LogP contribution in [0.2, 0.25) is 5.02 Å². The number of fused-ring (bicyclic) bond motifs is 1. The van der Waals surface area contributed by atoms with Crippen LogP contribution in [0, 0.1) is 0 Å². The number of rotatable bonds is 2. The van der Waals surface area contributed by atoms with Gasteiger partial charge in [-0.25, -0.2) is 5.01 Å². The first kappa shape index (κ1) is 14.5. The lowest BCUT2D eigenvalue weighted by molar-refractivity contribution is -0.133. The molecule has 3 rings (SSSR count). The van der Waals surface area contributed by atoms with Gasteiger partial charge in [-0.2, -0.15) is 0 Å². The minimum atomic E-state index is -0.141. The first-order valence-electron chi connectivity index (χ1n) is 6.61. The number of benzene rings is 1. The highest BCUT2D eigenvalue weighted by Gasteiger charge is 2.21. The van der Waals surface area contributed by atoms with Gasteiger partial charge in [-0.05, 0) is 18.2 Å². The number of hydrogen-bond acceptors (Lipinski definition) is 5. The largest absolute Gasteiger partial charge is 0.338 e. The predicted molar refractivity (Wildman–Crippen MR) is 83.4 cm³/mol. The van der Waals surface area contributed by atoms with Gasteiger partial charge in [0.25, 0.3) is 0 Å². The Morgan fingerprint density at radius 1 is 1.29 bits per heavy atom. The molecule has 6 nitrogen and oxygen atoms in total. The van der Waals surface area contributed by atoms with Crippen molar-refractivity contribution in [2.24, 2.45) is 5.84 Å². The molecular formula is C13H15ClN4O2S. The third-order valence-electron chi connectivity index (χ3n) is 3.59. The van der Waals surface area contributed by atoms with Crippen LogP contribution in [-0.2, 0) is 11.3 Å². The molecular weight excluding hydrogens is 312 g/mol. The summed E-state index contributed by atoms with van der Waals surface area (Å²) < 4.78 is 2.33. The van der Waals surface area contributed by atoms with Crippen LogP contribution < -0.4 is 10.7 Å². The molecule has 1 saturated heterocycles. The van der Waals surface area contributed by atoms with E-state index in [1.807, 2.05) is 0 Å². The summed E-state index contributed by atoms with van der Waals surface area (Å²) in [5.41, 5.74) is 0.711. The first-order valence-corrected chi connectivity index (χ1v) is 7.80. The topological polar surface area (TPSA) is 71.6 Å². The summed E-state index contributed by atoms with van der Waals surface area (Å²) in [5, 5.41) is 2.24.